The number of nitrogens with one attached hydrogen (secondary N) is 1. The number of nitrogens with zero attached hydrogens (tertiary/aromatic N) is 3. The Morgan fingerprint density at radius 3 is 2.97 bits per heavy atom. The fourth-order valence-corrected chi connectivity index (χ4v) is 2.80. The molecule has 0 bridgehead atoms. The molecule has 1 aromatic carbocycles. The van der Waals surface area contributed by atoms with Crippen molar-refractivity contribution in [1.29, 1.82) is 0 Å². The van der Waals surface area contributed by atoms with Gasteiger partial charge in [0.2, 0.25) is 12.6 Å². The minimum absolute atomic E-state index is 0.0903. The second-order valence-corrected chi connectivity index (χ2v) is 6.16. The average Bonchev–Trinajstić information content (AvgIpc) is 3.18. The van der Waals surface area contributed by atoms with Crippen LogP contribution in [0.2, 0.25) is 0 Å². The minimum atomic E-state index is -1.02. The van der Waals surface area contributed by atoms with Crippen LogP contribution in [-0.4, -0.2) is 45.5 Å². The van der Waals surface area contributed by atoms with Gasteiger partial charge in [-0.05, 0) is 24.3 Å². The number of aromatic nitrogens is 2. The fourth-order valence-electron chi connectivity index (χ4n) is 2.80. The van der Waals surface area contributed by atoms with Gasteiger partial charge in [-0.1, -0.05) is 6.07 Å². The van der Waals surface area contributed by atoms with Gasteiger partial charge in [0.25, 0.3) is 0 Å². The molecule has 11 nitrogen and oxygen atoms in total. The maximum absolute atomic E-state index is 12.4. The maximum atomic E-state index is 12.4. The van der Waals surface area contributed by atoms with Crippen molar-refractivity contribution in [2.45, 2.75) is 6.10 Å². The van der Waals surface area contributed by atoms with E-state index in [9.17, 15) is 20.0 Å². The second kappa shape index (κ2) is 7.64. The van der Waals surface area contributed by atoms with Crippen LogP contribution in [0.1, 0.15) is 0 Å². The lowest BCUT2D eigenvalue weighted by Gasteiger charge is -2.14. The molecule has 150 valence electrons. The molecule has 1 unspecified atom stereocenters. The zero-order chi connectivity index (χ0) is 20.4. The lowest BCUT2D eigenvalue weighted by molar-refractivity contribution is -0.385. The van der Waals surface area contributed by atoms with Crippen molar-refractivity contribution in [3.05, 3.63) is 63.1 Å². The van der Waals surface area contributed by atoms with Crippen LogP contribution in [-0.2, 0) is 0 Å². The van der Waals surface area contributed by atoms with Crippen LogP contribution in [0.3, 0.4) is 0 Å². The van der Waals surface area contributed by atoms with Gasteiger partial charge in [0.1, 0.15) is 24.1 Å². The fraction of sp³-hybridized carbons (Fsp3) is 0.222. The topological polar surface area (TPSA) is 137 Å². The summed E-state index contributed by atoms with van der Waals surface area (Å²) in [6.07, 6.45) is 0.381. The number of anilines is 1. The first-order chi connectivity index (χ1) is 14.0. The predicted molar refractivity (Wildman–Crippen MR) is 101 cm³/mol. The molecule has 3 heterocycles. The summed E-state index contributed by atoms with van der Waals surface area (Å²) in [7, 11) is 0. The Labute approximate surface area is 163 Å². The number of pyridine rings is 1. The molecule has 0 amide bonds. The molecule has 2 N–H and O–H groups in total. The predicted octanol–water partition coefficient (Wildman–Crippen LogP) is 1.18. The van der Waals surface area contributed by atoms with E-state index in [0.717, 1.165) is 4.40 Å². The molecule has 1 atom stereocenters. The van der Waals surface area contributed by atoms with Gasteiger partial charge in [-0.3, -0.25) is 19.3 Å². The molecule has 0 spiro atoms. The Kier molecular flexibility index (Phi) is 4.87. The van der Waals surface area contributed by atoms with Crippen molar-refractivity contribution >= 4 is 17.2 Å². The van der Waals surface area contributed by atoms with E-state index < -0.39 is 22.3 Å². The summed E-state index contributed by atoms with van der Waals surface area (Å²) in [6.45, 7) is -0.0588. The summed E-state index contributed by atoms with van der Waals surface area (Å²) < 4.78 is 17.1. The van der Waals surface area contributed by atoms with Crippen molar-refractivity contribution in [1.82, 2.24) is 9.38 Å². The number of hydrogen-bond donors (Lipinski definition) is 2. The SMILES string of the molecule is O=c1c([N+](=O)[O-])c(NCC(O)COc2ccc3c(c2)OCO3)nc2ccccn12. The highest BCUT2D eigenvalue weighted by molar-refractivity contribution is 5.59. The van der Waals surface area contributed by atoms with E-state index in [1.54, 1.807) is 36.4 Å². The Morgan fingerprint density at radius 1 is 1.31 bits per heavy atom. The third-order valence-electron chi connectivity index (χ3n) is 4.18. The van der Waals surface area contributed by atoms with Crippen LogP contribution in [0.25, 0.3) is 5.65 Å². The van der Waals surface area contributed by atoms with Gasteiger partial charge < -0.3 is 24.6 Å². The zero-order valence-corrected chi connectivity index (χ0v) is 15.0. The van der Waals surface area contributed by atoms with Crippen LogP contribution < -0.4 is 25.1 Å². The lowest BCUT2D eigenvalue weighted by Crippen LogP contribution is -2.28. The first-order valence-electron chi connectivity index (χ1n) is 8.63. The number of nitro groups is 1. The molecular formula is C18H16N4O7. The van der Waals surface area contributed by atoms with E-state index in [1.165, 1.54) is 6.20 Å². The standard InChI is InChI=1S/C18H16N4O7/c23-11(9-27-12-4-5-13-14(7-12)29-10-28-13)8-19-17-16(22(25)26)18(24)21-6-2-1-3-15(21)20-17/h1-7,11,19,23H,8-10H2. The molecule has 1 aliphatic rings. The van der Waals surface area contributed by atoms with Gasteiger partial charge in [-0.2, -0.15) is 0 Å². The molecule has 0 radical (unpaired) electrons. The van der Waals surface area contributed by atoms with Crippen LogP contribution in [0.4, 0.5) is 11.5 Å². The van der Waals surface area contributed by atoms with Crippen molar-refractivity contribution in [3.8, 4) is 17.2 Å². The van der Waals surface area contributed by atoms with E-state index in [0.29, 0.717) is 17.2 Å². The molecule has 0 saturated heterocycles. The first kappa shape index (κ1) is 18.5. The summed E-state index contributed by atoms with van der Waals surface area (Å²) in [5.74, 6) is 1.42. The number of benzene rings is 1. The third kappa shape index (κ3) is 3.75. The monoisotopic (exact) mass is 400 g/mol. The zero-order valence-electron chi connectivity index (χ0n) is 15.0. The minimum Gasteiger partial charge on any atom is -0.491 e. The summed E-state index contributed by atoms with van der Waals surface area (Å²) in [5, 5.41) is 24.2. The van der Waals surface area contributed by atoms with Crippen molar-refractivity contribution in [2.75, 3.05) is 25.3 Å². The molecule has 0 aliphatic carbocycles. The summed E-state index contributed by atoms with van der Waals surface area (Å²) in [5.41, 5.74) is -1.26. The van der Waals surface area contributed by atoms with Crippen LogP contribution in [0, 0.1) is 10.1 Å². The summed E-state index contributed by atoms with van der Waals surface area (Å²) in [6, 6.07) is 9.78. The second-order valence-electron chi connectivity index (χ2n) is 6.16. The van der Waals surface area contributed by atoms with Gasteiger partial charge in [0.15, 0.2) is 11.5 Å². The molecular weight excluding hydrogens is 384 g/mol. The van der Waals surface area contributed by atoms with E-state index in [-0.39, 0.29) is 31.4 Å². The van der Waals surface area contributed by atoms with E-state index in [2.05, 4.69) is 10.3 Å². The lowest BCUT2D eigenvalue weighted by atomic mass is 10.3. The van der Waals surface area contributed by atoms with Gasteiger partial charge in [-0.15, -0.1) is 0 Å². The van der Waals surface area contributed by atoms with Crippen LogP contribution >= 0.6 is 0 Å². The van der Waals surface area contributed by atoms with Crippen molar-refractivity contribution in [2.24, 2.45) is 0 Å². The van der Waals surface area contributed by atoms with Gasteiger partial charge in [0.05, 0.1) is 4.92 Å². The number of hydrogen-bond acceptors (Lipinski definition) is 9. The van der Waals surface area contributed by atoms with Crippen LogP contribution in [0.15, 0.2) is 47.4 Å². The van der Waals surface area contributed by atoms with E-state index in [1.807, 2.05) is 0 Å². The number of ether oxygens (including phenoxy) is 3. The van der Waals surface area contributed by atoms with Crippen molar-refractivity contribution < 1.29 is 24.2 Å². The molecule has 1 aliphatic heterocycles. The average molecular weight is 400 g/mol. The summed E-state index contributed by atoms with van der Waals surface area (Å²) in [4.78, 5) is 27.0. The highest BCUT2D eigenvalue weighted by atomic mass is 16.7. The van der Waals surface area contributed by atoms with Gasteiger partial charge >= 0.3 is 11.2 Å². The van der Waals surface area contributed by atoms with Gasteiger partial charge in [0, 0.05) is 18.8 Å². The Morgan fingerprint density at radius 2 is 2.14 bits per heavy atom. The number of fused-ring (bicyclic) bond motifs is 2. The maximum Gasteiger partial charge on any atom is 0.376 e. The Bertz CT molecular complexity index is 1130. The molecule has 3 aromatic rings. The van der Waals surface area contributed by atoms with E-state index in [4.69, 9.17) is 14.2 Å². The van der Waals surface area contributed by atoms with Gasteiger partial charge in [-0.25, -0.2) is 4.98 Å². The molecule has 4 rings (SSSR count). The number of aliphatic hydroxyl groups excluding tert-OH is 1. The normalized spacial score (nSPS) is 13.3. The molecule has 0 saturated carbocycles. The molecule has 11 heteroatoms. The Balaban J connectivity index is 1.44. The quantitative estimate of drug-likeness (QED) is 0.442. The molecule has 29 heavy (non-hydrogen) atoms. The number of rotatable bonds is 7. The van der Waals surface area contributed by atoms with E-state index >= 15 is 0 Å². The highest BCUT2D eigenvalue weighted by Gasteiger charge is 2.24. The molecule has 2 aromatic heterocycles. The Hall–Kier alpha value is -3.86. The number of aliphatic hydroxyl groups is 1. The molecule has 0 fully saturated rings. The highest BCUT2D eigenvalue weighted by Crippen LogP contribution is 2.35. The van der Waals surface area contributed by atoms with Crippen LogP contribution in [0.5, 0.6) is 17.2 Å². The third-order valence-corrected chi connectivity index (χ3v) is 4.18. The summed E-state index contributed by atoms with van der Waals surface area (Å²) >= 11 is 0. The largest absolute Gasteiger partial charge is 0.491 e. The first-order valence-corrected chi connectivity index (χ1v) is 8.63. The smallest absolute Gasteiger partial charge is 0.376 e. The van der Waals surface area contributed by atoms with Crippen molar-refractivity contribution in [3.63, 3.8) is 0 Å².